The van der Waals surface area contributed by atoms with E-state index in [1.807, 2.05) is 6.92 Å². The predicted molar refractivity (Wildman–Crippen MR) is 55.8 cm³/mol. The molecule has 0 saturated carbocycles. The minimum absolute atomic E-state index is 0. The molecule has 5 heteroatoms. The Hall–Kier alpha value is 0.630. The summed E-state index contributed by atoms with van der Waals surface area (Å²) in [6.07, 6.45) is 2.18. The van der Waals surface area contributed by atoms with Crippen LogP contribution in [0.4, 0.5) is 0 Å². The molecule has 0 aliphatic heterocycles. The molecule has 3 nitrogen and oxygen atoms in total. The average molecular weight is 216 g/mol. The third kappa shape index (κ3) is 15.4. The van der Waals surface area contributed by atoms with Crippen LogP contribution in [0.25, 0.3) is 0 Å². The van der Waals surface area contributed by atoms with Crippen molar-refractivity contribution in [2.45, 2.75) is 25.8 Å². The minimum Gasteiger partial charge on any atom is -1.00 e. The fourth-order valence-corrected chi connectivity index (χ4v) is 0.878. The molecule has 0 aliphatic rings. The quantitative estimate of drug-likeness (QED) is 0.464. The second kappa shape index (κ2) is 12.6. The van der Waals surface area contributed by atoms with Gasteiger partial charge in [0.2, 0.25) is 0 Å². The number of nitrogens with zero attached hydrogens (tertiary/aromatic N) is 2. The van der Waals surface area contributed by atoms with Crippen LogP contribution in [0.1, 0.15) is 21.2 Å². The smallest absolute Gasteiger partial charge is 1.00 e. The largest absolute Gasteiger partial charge is 1.00 e. The van der Waals surface area contributed by atoms with Crippen molar-refractivity contribution in [1.82, 2.24) is 4.90 Å². The number of nitrogens with one attached hydrogen (secondary N) is 1. The molecule has 0 spiro atoms. The molecule has 74 valence electrons. The van der Waals surface area contributed by atoms with Gasteiger partial charge in [-0.2, -0.15) is 0 Å². The molecule has 0 rings (SSSR count). The average Bonchev–Trinajstić information content (AvgIpc) is 1.87. The van der Waals surface area contributed by atoms with Crippen LogP contribution >= 0.6 is 12.4 Å². The summed E-state index contributed by atoms with van der Waals surface area (Å²) in [6.45, 7) is 3.11. The molecule has 0 aromatic heterocycles. The normalized spacial score (nSPS) is 10.8. The Morgan fingerprint density at radius 1 is 1.54 bits per heavy atom. The molecule has 1 N–H and O–H groups in total. The van der Waals surface area contributed by atoms with Crippen molar-refractivity contribution in [1.29, 1.82) is 5.41 Å². The fraction of sp³-hybridized carbons (Fsp3) is 0.875. The molecule has 0 heterocycles. The first-order valence-electron chi connectivity index (χ1n) is 3.93. The van der Waals surface area contributed by atoms with E-state index >= 15 is 0 Å². The molecule has 0 bridgehead atoms. The Morgan fingerprint density at radius 3 is 2.46 bits per heavy atom. The SMILES string of the molecule is CC(CCCN(C)C)N=C=N.Cl.[H-].[Na+]. The van der Waals surface area contributed by atoms with Gasteiger partial charge in [0, 0.05) is 0 Å². The van der Waals surface area contributed by atoms with E-state index in [1.54, 1.807) is 0 Å². The van der Waals surface area contributed by atoms with E-state index in [9.17, 15) is 0 Å². The van der Waals surface area contributed by atoms with Gasteiger partial charge in [0.15, 0.2) is 0 Å². The Morgan fingerprint density at radius 2 is 2.08 bits per heavy atom. The summed E-state index contributed by atoms with van der Waals surface area (Å²) >= 11 is 0. The number of rotatable bonds is 5. The van der Waals surface area contributed by atoms with Gasteiger partial charge in [-0.1, -0.05) is 0 Å². The molecule has 1 unspecified atom stereocenters. The Balaban J connectivity index is -0.000000167. The van der Waals surface area contributed by atoms with Gasteiger partial charge in [0.05, 0.1) is 12.1 Å². The van der Waals surface area contributed by atoms with E-state index < -0.39 is 0 Å². The second-order valence-electron chi connectivity index (χ2n) is 3.04. The zero-order chi connectivity index (χ0) is 8.69. The summed E-state index contributed by atoms with van der Waals surface area (Å²) in [5, 5.41) is 6.63. The molecule has 0 saturated heterocycles. The van der Waals surface area contributed by atoms with Crippen molar-refractivity contribution in [3.05, 3.63) is 0 Å². The maximum Gasteiger partial charge on any atom is 1.00 e. The van der Waals surface area contributed by atoms with Gasteiger partial charge >= 0.3 is 29.6 Å². The van der Waals surface area contributed by atoms with Gasteiger partial charge in [-0.25, -0.2) is 10.4 Å². The van der Waals surface area contributed by atoms with Crippen LogP contribution in [0.15, 0.2) is 4.99 Å². The molecular weight excluding hydrogens is 197 g/mol. The van der Waals surface area contributed by atoms with Crippen LogP contribution < -0.4 is 29.6 Å². The maximum absolute atomic E-state index is 6.63. The standard InChI is InChI=1S/C8H17N3.ClH.Na.H/c1-8(10-7-9)5-4-6-11(2)3;;;/h8-9H,4-6H2,1-3H3;1H;;/q;;+1;-1. The summed E-state index contributed by atoms with van der Waals surface area (Å²) in [7, 11) is 4.12. The van der Waals surface area contributed by atoms with E-state index in [0.717, 1.165) is 19.4 Å². The van der Waals surface area contributed by atoms with E-state index in [2.05, 4.69) is 30.0 Å². The maximum atomic E-state index is 6.63. The van der Waals surface area contributed by atoms with Gasteiger partial charge in [-0.05, 0) is 40.4 Å². The van der Waals surface area contributed by atoms with E-state index in [1.165, 1.54) is 0 Å². The van der Waals surface area contributed by atoms with Crippen LogP contribution in [0.3, 0.4) is 0 Å². The molecule has 0 radical (unpaired) electrons. The van der Waals surface area contributed by atoms with Crippen molar-refractivity contribution >= 4 is 18.4 Å². The first-order valence-corrected chi connectivity index (χ1v) is 3.93. The van der Waals surface area contributed by atoms with Crippen LogP contribution in [0.5, 0.6) is 0 Å². The summed E-state index contributed by atoms with van der Waals surface area (Å²) in [5.74, 6) is 0. The van der Waals surface area contributed by atoms with Crippen LogP contribution in [-0.2, 0) is 0 Å². The zero-order valence-corrected chi connectivity index (χ0v) is 11.8. The molecule has 0 aromatic carbocycles. The number of halogens is 1. The second-order valence-corrected chi connectivity index (χ2v) is 3.04. The van der Waals surface area contributed by atoms with E-state index in [-0.39, 0.29) is 49.4 Å². The molecule has 13 heavy (non-hydrogen) atoms. The van der Waals surface area contributed by atoms with Gasteiger partial charge in [-0.15, -0.1) is 12.4 Å². The van der Waals surface area contributed by atoms with Crippen molar-refractivity contribution in [3.8, 4) is 0 Å². The van der Waals surface area contributed by atoms with Crippen LogP contribution in [0.2, 0.25) is 0 Å². The summed E-state index contributed by atoms with van der Waals surface area (Å²) in [4.78, 5) is 5.97. The third-order valence-electron chi connectivity index (χ3n) is 1.51. The van der Waals surface area contributed by atoms with Crippen molar-refractivity contribution < 1.29 is 31.0 Å². The first-order chi connectivity index (χ1) is 5.16. The monoisotopic (exact) mass is 215 g/mol. The Kier molecular flexibility index (Phi) is 18.7. The predicted octanol–water partition coefficient (Wildman–Crippen LogP) is -0.992. The van der Waals surface area contributed by atoms with E-state index in [4.69, 9.17) is 5.41 Å². The van der Waals surface area contributed by atoms with Crippen molar-refractivity contribution in [3.63, 3.8) is 0 Å². The van der Waals surface area contributed by atoms with Crippen molar-refractivity contribution in [2.24, 2.45) is 4.99 Å². The van der Waals surface area contributed by atoms with Gasteiger partial charge in [-0.3, -0.25) is 0 Å². The number of hydrogen-bond acceptors (Lipinski definition) is 3. The molecule has 0 aromatic rings. The fourth-order valence-electron chi connectivity index (χ4n) is 0.878. The van der Waals surface area contributed by atoms with Gasteiger partial charge in [0.25, 0.3) is 0 Å². The summed E-state index contributed by atoms with van der Waals surface area (Å²) in [5.41, 5.74) is 0. The topological polar surface area (TPSA) is 39.5 Å². The van der Waals surface area contributed by atoms with Crippen LogP contribution in [0, 0.1) is 5.41 Å². The molecule has 1 atom stereocenters. The zero-order valence-electron chi connectivity index (χ0n) is 10.0. The number of aliphatic imine (C=N–C) groups is 1. The van der Waals surface area contributed by atoms with Gasteiger partial charge in [0.1, 0.15) is 0 Å². The Labute approximate surface area is 111 Å². The summed E-state index contributed by atoms with van der Waals surface area (Å²) < 4.78 is 0. The first kappa shape index (κ1) is 19.2. The molecule has 0 amide bonds. The third-order valence-corrected chi connectivity index (χ3v) is 1.51. The van der Waals surface area contributed by atoms with Crippen LogP contribution in [-0.4, -0.2) is 37.6 Å². The molecular formula is C8H19ClN3Na. The number of hydrogen-bond donors (Lipinski definition) is 1. The van der Waals surface area contributed by atoms with E-state index in [0.29, 0.717) is 0 Å². The Bertz CT molecular complexity index is 152. The minimum atomic E-state index is 0. The molecule has 0 aliphatic carbocycles. The van der Waals surface area contributed by atoms with Crippen molar-refractivity contribution in [2.75, 3.05) is 20.6 Å². The summed E-state index contributed by atoms with van der Waals surface area (Å²) in [6, 6.07) is 2.32. The van der Waals surface area contributed by atoms with Gasteiger partial charge < -0.3 is 6.33 Å². The molecule has 0 fully saturated rings.